The van der Waals surface area contributed by atoms with Crippen LogP contribution < -0.4 is 5.32 Å². The highest BCUT2D eigenvalue weighted by Crippen LogP contribution is 2.25. The van der Waals surface area contributed by atoms with Gasteiger partial charge in [-0.1, -0.05) is 18.5 Å². The third-order valence-electron chi connectivity index (χ3n) is 2.95. The predicted molar refractivity (Wildman–Crippen MR) is 83.2 cm³/mol. The molecule has 0 aromatic heterocycles. The van der Waals surface area contributed by atoms with Gasteiger partial charge in [0.15, 0.2) is 0 Å². The maximum atomic E-state index is 12.1. The van der Waals surface area contributed by atoms with Crippen molar-refractivity contribution in [1.82, 2.24) is 4.90 Å². The zero-order chi connectivity index (χ0) is 14.0. The van der Waals surface area contributed by atoms with Gasteiger partial charge in [0.2, 0.25) is 5.91 Å². The first-order valence-electron chi connectivity index (χ1n) is 6.08. The van der Waals surface area contributed by atoms with Crippen molar-refractivity contribution in [3.8, 4) is 0 Å². The van der Waals surface area contributed by atoms with Crippen LogP contribution in [0.1, 0.15) is 19.8 Å². The minimum absolute atomic E-state index is 0.103. The van der Waals surface area contributed by atoms with Crippen molar-refractivity contribution in [1.29, 1.82) is 0 Å². The Balaban J connectivity index is 2.12. The van der Waals surface area contributed by atoms with Crippen molar-refractivity contribution >= 4 is 51.7 Å². The fourth-order valence-electron chi connectivity index (χ4n) is 2.05. The summed E-state index contributed by atoms with van der Waals surface area (Å²) in [5.41, 5.74) is 0.828. The molecule has 102 valence electrons. The van der Waals surface area contributed by atoms with Gasteiger partial charge in [-0.3, -0.25) is 14.5 Å². The zero-order valence-corrected chi connectivity index (χ0v) is 13.4. The van der Waals surface area contributed by atoms with Gasteiger partial charge in [-0.25, -0.2) is 0 Å². The van der Waals surface area contributed by atoms with Crippen molar-refractivity contribution < 1.29 is 9.59 Å². The second-order valence-corrected chi connectivity index (χ2v) is 6.01. The van der Waals surface area contributed by atoms with E-state index in [9.17, 15) is 9.59 Å². The molecule has 0 aliphatic carbocycles. The summed E-state index contributed by atoms with van der Waals surface area (Å²) in [5, 5.41) is 3.78. The van der Waals surface area contributed by atoms with Crippen molar-refractivity contribution in [3.63, 3.8) is 0 Å². The summed E-state index contributed by atoms with van der Waals surface area (Å²) in [7, 11) is 0. The normalized spacial score (nSPS) is 19.1. The highest BCUT2D eigenvalue weighted by Gasteiger charge is 2.37. The molecule has 0 saturated carbocycles. The summed E-state index contributed by atoms with van der Waals surface area (Å²) in [6.07, 6.45) is 1.00. The van der Waals surface area contributed by atoms with Gasteiger partial charge in [0.05, 0.1) is 6.42 Å². The first-order valence-corrected chi connectivity index (χ1v) is 7.54. The summed E-state index contributed by atoms with van der Waals surface area (Å²) >= 11 is 8.04. The number of hydrogen-bond acceptors (Lipinski definition) is 3. The second kappa shape index (κ2) is 6.09. The van der Waals surface area contributed by atoms with Crippen LogP contribution in [0.3, 0.4) is 0 Å². The molecule has 0 spiro atoms. The van der Waals surface area contributed by atoms with Crippen LogP contribution in [0, 0.1) is 3.57 Å². The van der Waals surface area contributed by atoms with Gasteiger partial charge >= 0.3 is 0 Å². The molecule has 19 heavy (non-hydrogen) atoms. The fourth-order valence-corrected chi connectivity index (χ4v) is 3.08. The molecule has 1 heterocycles. The van der Waals surface area contributed by atoms with Gasteiger partial charge < -0.3 is 5.32 Å². The molecule has 1 aromatic carbocycles. The van der Waals surface area contributed by atoms with Crippen LogP contribution in [-0.2, 0) is 9.59 Å². The molecule has 1 aliphatic rings. The molecule has 4 nitrogen and oxygen atoms in total. The molecule has 1 atom stereocenters. The van der Waals surface area contributed by atoms with E-state index < -0.39 is 6.04 Å². The minimum Gasteiger partial charge on any atom is -0.372 e. The second-order valence-electron chi connectivity index (χ2n) is 4.41. The molecule has 1 aromatic rings. The smallest absolute Gasteiger partial charge is 0.252 e. The number of likely N-dealkylation sites (tertiary alicyclic amines) is 1. The number of benzene rings is 1. The molecule has 6 heteroatoms. The van der Waals surface area contributed by atoms with Crippen molar-refractivity contribution in [2.45, 2.75) is 25.8 Å². The number of halogens is 2. The Hall–Kier alpha value is -0.820. The van der Waals surface area contributed by atoms with Gasteiger partial charge in [-0.05, 0) is 47.2 Å². The summed E-state index contributed by atoms with van der Waals surface area (Å²) in [6, 6.07) is 4.94. The molecule has 2 rings (SSSR count). The van der Waals surface area contributed by atoms with E-state index in [0.717, 1.165) is 15.7 Å². The van der Waals surface area contributed by atoms with Crippen LogP contribution in [0.5, 0.6) is 0 Å². The number of hydrogen-bond donors (Lipinski definition) is 1. The Labute approximate surface area is 130 Å². The number of carbonyl (C=O) groups is 2. The van der Waals surface area contributed by atoms with Crippen molar-refractivity contribution in [2.75, 3.05) is 11.9 Å². The number of imide groups is 1. The number of rotatable bonds is 4. The van der Waals surface area contributed by atoms with Crippen molar-refractivity contribution in [2.24, 2.45) is 0 Å². The van der Waals surface area contributed by atoms with Gasteiger partial charge in [0, 0.05) is 20.8 Å². The van der Waals surface area contributed by atoms with E-state index in [4.69, 9.17) is 11.6 Å². The molecule has 2 amide bonds. The highest BCUT2D eigenvalue weighted by molar-refractivity contribution is 14.1. The number of nitrogens with one attached hydrogen (secondary N) is 1. The Morgan fingerprint density at radius 3 is 2.84 bits per heavy atom. The molecule has 1 saturated heterocycles. The molecular weight excluding hydrogens is 379 g/mol. The molecule has 0 bridgehead atoms. The van der Waals surface area contributed by atoms with Crippen LogP contribution >= 0.6 is 34.2 Å². The van der Waals surface area contributed by atoms with Crippen LogP contribution in [0.2, 0.25) is 5.02 Å². The Morgan fingerprint density at radius 1 is 1.47 bits per heavy atom. The SMILES string of the molecule is CCCN1C(=O)CC(Nc2ccc(Cl)cc2I)C1=O. The van der Waals surface area contributed by atoms with Gasteiger partial charge in [0.25, 0.3) is 5.91 Å². The molecule has 1 unspecified atom stereocenters. The van der Waals surface area contributed by atoms with E-state index in [1.165, 1.54) is 4.90 Å². The lowest BCUT2D eigenvalue weighted by Crippen LogP contribution is -2.35. The van der Waals surface area contributed by atoms with Crippen molar-refractivity contribution in [3.05, 3.63) is 26.8 Å². The largest absolute Gasteiger partial charge is 0.372 e. The topological polar surface area (TPSA) is 49.4 Å². The lowest BCUT2D eigenvalue weighted by molar-refractivity contribution is -0.138. The summed E-state index contributed by atoms with van der Waals surface area (Å²) in [6.45, 7) is 2.44. The van der Waals surface area contributed by atoms with E-state index in [2.05, 4.69) is 27.9 Å². The van der Waals surface area contributed by atoms with E-state index >= 15 is 0 Å². The Kier molecular flexibility index (Phi) is 4.67. The van der Waals surface area contributed by atoms with Gasteiger partial charge in [0.1, 0.15) is 6.04 Å². The molecule has 0 radical (unpaired) electrons. The maximum Gasteiger partial charge on any atom is 0.252 e. The maximum absolute atomic E-state index is 12.1. The lowest BCUT2D eigenvalue weighted by atomic mass is 10.2. The Bertz CT molecular complexity index is 521. The molecule has 1 N–H and O–H groups in total. The van der Waals surface area contributed by atoms with E-state index in [1.54, 1.807) is 6.07 Å². The molecule has 1 fully saturated rings. The zero-order valence-electron chi connectivity index (χ0n) is 10.5. The van der Waals surface area contributed by atoms with Gasteiger partial charge in [-0.2, -0.15) is 0 Å². The average molecular weight is 393 g/mol. The number of amides is 2. The van der Waals surface area contributed by atoms with E-state index in [1.807, 2.05) is 19.1 Å². The average Bonchev–Trinajstić information content (AvgIpc) is 2.61. The van der Waals surface area contributed by atoms with E-state index in [0.29, 0.717) is 11.6 Å². The fraction of sp³-hybridized carbons (Fsp3) is 0.385. The first kappa shape index (κ1) is 14.6. The lowest BCUT2D eigenvalue weighted by Gasteiger charge is -2.16. The standard InChI is InChI=1S/C13H14ClIN2O2/c1-2-5-17-12(18)7-11(13(17)19)16-10-4-3-8(14)6-9(10)15/h3-4,6,11,16H,2,5,7H2,1H3. The summed E-state index contributed by atoms with van der Waals surface area (Å²) in [5.74, 6) is -0.245. The number of nitrogens with zero attached hydrogens (tertiary/aromatic N) is 1. The number of anilines is 1. The highest BCUT2D eigenvalue weighted by atomic mass is 127. The molecule has 1 aliphatic heterocycles. The van der Waals surface area contributed by atoms with E-state index in [-0.39, 0.29) is 18.2 Å². The summed E-state index contributed by atoms with van der Waals surface area (Å²) in [4.78, 5) is 25.2. The van der Waals surface area contributed by atoms with Crippen LogP contribution in [-0.4, -0.2) is 29.3 Å². The quantitative estimate of drug-likeness (QED) is 0.633. The molecular formula is C13H14ClIN2O2. The Morgan fingerprint density at radius 2 is 2.21 bits per heavy atom. The van der Waals surface area contributed by atoms with Crippen LogP contribution in [0.25, 0.3) is 0 Å². The predicted octanol–water partition coefficient (Wildman–Crippen LogP) is 2.89. The summed E-state index contributed by atoms with van der Waals surface area (Å²) < 4.78 is 0.930. The minimum atomic E-state index is -0.464. The van der Waals surface area contributed by atoms with Gasteiger partial charge in [-0.15, -0.1) is 0 Å². The third kappa shape index (κ3) is 3.20. The first-order chi connectivity index (χ1) is 9.02. The van der Waals surface area contributed by atoms with Crippen LogP contribution in [0.4, 0.5) is 5.69 Å². The number of carbonyl (C=O) groups excluding carboxylic acids is 2. The monoisotopic (exact) mass is 392 g/mol. The van der Waals surface area contributed by atoms with Crippen LogP contribution in [0.15, 0.2) is 18.2 Å². The third-order valence-corrected chi connectivity index (χ3v) is 4.08.